The van der Waals surface area contributed by atoms with E-state index < -0.39 is 17.1 Å². The molecule has 0 aliphatic carbocycles. The van der Waals surface area contributed by atoms with Crippen molar-refractivity contribution in [2.45, 2.75) is 70.6 Å². The summed E-state index contributed by atoms with van der Waals surface area (Å²) in [5, 5.41) is 1.67. The fraction of sp³-hybridized carbons (Fsp3) is 0.417. The SMILES string of the molecule is CC(C)(C)OC(=O)N1[C@H]([C@@H](C(=O)N2CCN(c3c(-c4ccccc4)cnc4[nH]ccc34)CC2)c2ccc(Cl)cc2)CCC1(C)C. The number of nitrogens with zero attached hydrogens (tertiary/aromatic N) is 4. The number of ether oxygens (including phenoxy) is 1. The number of pyridine rings is 1. The highest BCUT2D eigenvalue weighted by Crippen LogP contribution is 2.43. The Bertz CT molecular complexity index is 1670. The minimum Gasteiger partial charge on any atom is -0.444 e. The van der Waals surface area contributed by atoms with Crippen molar-refractivity contribution >= 4 is 40.3 Å². The zero-order valence-corrected chi connectivity index (χ0v) is 27.5. The van der Waals surface area contributed by atoms with Crippen LogP contribution in [-0.4, -0.2) is 75.1 Å². The summed E-state index contributed by atoms with van der Waals surface area (Å²) in [6.45, 7) is 12.2. The standard InChI is InChI=1S/C36H42ClN5O3/c1-35(2,3)45-34(44)42-29(15-17-36(42,4)5)30(25-11-13-26(37)14-12-25)33(43)41-21-19-40(20-22-41)31-27-16-18-38-32(27)39-23-28(31)24-9-7-6-8-10-24/h6-14,16,18,23,29-30H,15,17,19-22H2,1-5H3,(H,38,39)/t29-,30-/m0/s1. The highest BCUT2D eigenvalue weighted by molar-refractivity contribution is 6.30. The molecule has 2 aliphatic heterocycles. The molecule has 4 aromatic rings. The Morgan fingerprint density at radius 1 is 1.00 bits per heavy atom. The van der Waals surface area contributed by atoms with Crippen molar-refractivity contribution in [2.24, 2.45) is 0 Å². The molecular formula is C36H42ClN5O3. The highest BCUT2D eigenvalue weighted by atomic mass is 35.5. The summed E-state index contributed by atoms with van der Waals surface area (Å²) in [6.07, 6.45) is 4.96. The second-order valence-electron chi connectivity index (χ2n) is 13.7. The van der Waals surface area contributed by atoms with Crippen molar-refractivity contribution in [3.8, 4) is 11.1 Å². The van der Waals surface area contributed by atoms with Gasteiger partial charge in [0.15, 0.2) is 0 Å². The first-order valence-electron chi connectivity index (χ1n) is 15.8. The van der Waals surface area contributed by atoms with Gasteiger partial charge >= 0.3 is 6.09 Å². The van der Waals surface area contributed by atoms with Crippen LogP contribution in [0.5, 0.6) is 0 Å². The number of nitrogens with one attached hydrogen (secondary N) is 1. The molecule has 236 valence electrons. The monoisotopic (exact) mass is 627 g/mol. The normalized spacial score (nSPS) is 19.2. The largest absolute Gasteiger partial charge is 0.444 e. The van der Waals surface area contributed by atoms with Crippen LogP contribution in [0.15, 0.2) is 73.1 Å². The van der Waals surface area contributed by atoms with Gasteiger partial charge in [-0.2, -0.15) is 0 Å². The smallest absolute Gasteiger partial charge is 0.411 e. The number of carbonyl (C=O) groups excluding carboxylic acids is 2. The summed E-state index contributed by atoms with van der Waals surface area (Å²) in [5.74, 6) is -0.515. The van der Waals surface area contributed by atoms with Gasteiger partial charge in [-0.1, -0.05) is 54.1 Å². The van der Waals surface area contributed by atoms with Gasteiger partial charge in [0.1, 0.15) is 11.2 Å². The van der Waals surface area contributed by atoms with Crippen molar-refractivity contribution in [1.82, 2.24) is 19.8 Å². The Kier molecular flexibility index (Phi) is 8.29. The zero-order chi connectivity index (χ0) is 31.9. The molecule has 8 nitrogen and oxygen atoms in total. The van der Waals surface area contributed by atoms with Crippen LogP contribution in [0.25, 0.3) is 22.2 Å². The number of H-pyrrole nitrogens is 1. The van der Waals surface area contributed by atoms with Crippen LogP contribution < -0.4 is 4.90 Å². The van der Waals surface area contributed by atoms with Gasteiger partial charge in [0.05, 0.1) is 17.6 Å². The summed E-state index contributed by atoms with van der Waals surface area (Å²) in [5.41, 5.74) is 3.91. The summed E-state index contributed by atoms with van der Waals surface area (Å²) >= 11 is 6.27. The molecule has 6 rings (SSSR count). The molecule has 2 aromatic heterocycles. The van der Waals surface area contributed by atoms with Crippen LogP contribution in [0.2, 0.25) is 5.02 Å². The first-order chi connectivity index (χ1) is 21.4. The summed E-state index contributed by atoms with van der Waals surface area (Å²) < 4.78 is 5.88. The van der Waals surface area contributed by atoms with Crippen molar-refractivity contribution in [3.05, 3.63) is 83.6 Å². The summed E-state index contributed by atoms with van der Waals surface area (Å²) in [6, 6.07) is 19.5. The zero-order valence-electron chi connectivity index (χ0n) is 26.7. The molecule has 0 unspecified atom stereocenters. The molecule has 2 atom stereocenters. The molecule has 45 heavy (non-hydrogen) atoms. The van der Waals surface area contributed by atoms with E-state index in [1.54, 1.807) is 0 Å². The third-order valence-corrected chi connectivity index (χ3v) is 9.31. The van der Waals surface area contributed by atoms with Crippen LogP contribution in [0.4, 0.5) is 10.5 Å². The molecule has 1 N–H and O–H groups in total. The fourth-order valence-corrected chi connectivity index (χ4v) is 7.04. The fourth-order valence-electron chi connectivity index (χ4n) is 6.92. The molecule has 2 aliphatic rings. The number of carbonyl (C=O) groups is 2. The van der Waals surface area contributed by atoms with E-state index >= 15 is 0 Å². The van der Waals surface area contributed by atoms with E-state index in [4.69, 9.17) is 16.3 Å². The lowest BCUT2D eigenvalue weighted by atomic mass is 9.88. The minimum atomic E-state index is -0.646. The molecule has 0 radical (unpaired) electrons. The predicted octanol–water partition coefficient (Wildman–Crippen LogP) is 7.49. The topological polar surface area (TPSA) is 81.8 Å². The van der Waals surface area contributed by atoms with Gasteiger partial charge in [-0.05, 0) is 76.8 Å². The maximum atomic E-state index is 14.6. The molecular weight excluding hydrogens is 586 g/mol. The van der Waals surface area contributed by atoms with E-state index in [0.717, 1.165) is 39.8 Å². The van der Waals surface area contributed by atoms with Crippen molar-refractivity contribution in [1.29, 1.82) is 0 Å². The molecule has 0 spiro atoms. The number of rotatable bonds is 5. The number of hydrogen-bond donors (Lipinski definition) is 1. The molecule has 2 amide bonds. The van der Waals surface area contributed by atoms with E-state index in [9.17, 15) is 9.59 Å². The Hall–Kier alpha value is -4.04. The second kappa shape index (κ2) is 12.0. The predicted molar refractivity (Wildman–Crippen MR) is 180 cm³/mol. The Morgan fingerprint density at radius 2 is 1.69 bits per heavy atom. The van der Waals surface area contributed by atoms with E-state index in [2.05, 4.69) is 46.9 Å². The number of fused-ring (bicyclic) bond motifs is 1. The lowest BCUT2D eigenvalue weighted by molar-refractivity contribution is -0.134. The van der Waals surface area contributed by atoms with Gasteiger partial charge in [0.2, 0.25) is 5.91 Å². The van der Waals surface area contributed by atoms with Gasteiger partial charge in [0.25, 0.3) is 0 Å². The molecule has 9 heteroatoms. The maximum absolute atomic E-state index is 14.6. The number of aromatic amines is 1. The van der Waals surface area contributed by atoms with Crippen molar-refractivity contribution in [3.63, 3.8) is 0 Å². The number of likely N-dealkylation sites (tertiary alicyclic amines) is 1. The first kappa shape index (κ1) is 31.0. The Balaban J connectivity index is 1.29. The Morgan fingerprint density at radius 3 is 2.36 bits per heavy atom. The minimum absolute atomic E-state index is 0.0260. The lowest BCUT2D eigenvalue weighted by Crippen LogP contribution is -2.55. The maximum Gasteiger partial charge on any atom is 0.411 e. The average molecular weight is 628 g/mol. The van der Waals surface area contributed by atoms with Gasteiger partial charge in [-0.15, -0.1) is 0 Å². The van der Waals surface area contributed by atoms with E-state index in [-0.39, 0.29) is 18.0 Å². The highest BCUT2D eigenvalue weighted by Gasteiger charge is 2.50. The number of amides is 2. The number of halogens is 1. The molecule has 2 fully saturated rings. The van der Waals surface area contributed by atoms with Gasteiger partial charge in [-0.25, -0.2) is 9.78 Å². The van der Waals surface area contributed by atoms with Crippen LogP contribution in [0, 0.1) is 0 Å². The lowest BCUT2D eigenvalue weighted by Gasteiger charge is -2.42. The third-order valence-electron chi connectivity index (χ3n) is 9.06. The molecule has 4 heterocycles. The number of piperazine rings is 1. The third kappa shape index (κ3) is 6.25. The number of anilines is 1. The van der Waals surface area contributed by atoms with Gasteiger partial charge in [-0.3, -0.25) is 9.69 Å². The summed E-state index contributed by atoms with van der Waals surface area (Å²) in [7, 11) is 0. The first-order valence-corrected chi connectivity index (χ1v) is 16.1. The van der Waals surface area contributed by atoms with Gasteiger partial charge in [0, 0.05) is 60.1 Å². The average Bonchev–Trinajstić information content (AvgIpc) is 3.61. The van der Waals surface area contributed by atoms with E-state index in [0.29, 0.717) is 37.6 Å². The van der Waals surface area contributed by atoms with Crippen LogP contribution in [0.1, 0.15) is 58.9 Å². The van der Waals surface area contributed by atoms with Crippen LogP contribution in [0.3, 0.4) is 0 Å². The van der Waals surface area contributed by atoms with Crippen LogP contribution in [-0.2, 0) is 9.53 Å². The molecule has 0 bridgehead atoms. The van der Waals surface area contributed by atoms with Gasteiger partial charge < -0.3 is 19.5 Å². The quantitative estimate of drug-likeness (QED) is 0.248. The Labute approximate surface area is 270 Å². The number of aromatic nitrogens is 2. The molecule has 0 saturated carbocycles. The summed E-state index contributed by atoms with van der Waals surface area (Å²) in [4.78, 5) is 42.4. The van der Waals surface area contributed by atoms with Crippen molar-refractivity contribution in [2.75, 3.05) is 31.1 Å². The molecule has 2 aromatic carbocycles. The van der Waals surface area contributed by atoms with Crippen molar-refractivity contribution < 1.29 is 14.3 Å². The van der Waals surface area contributed by atoms with Crippen LogP contribution >= 0.6 is 11.6 Å². The number of benzene rings is 2. The number of hydrogen-bond acceptors (Lipinski definition) is 5. The van der Waals surface area contributed by atoms with E-state index in [1.165, 1.54) is 0 Å². The second-order valence-corrected chi connectivity index (χ2v) is 14.2. The van der Waals surface area contributed by atoms with E-state index in [1.807, 2.05) is 85.4 Å². The molecule has 2 saturated heterocycles.